The SMILES string of the molecule is N#Cc1c(OCCOc2cc(Cl)ccc2Cl)ccc2ccccc12. The largest absolute Gasteiger partial charge is 0.489 e. The van der Waals surface area contributed by atoms with Crippen LogP contribution in [0.2, 0.25) is 10.0 Å². The van der Waals surface area contributed by atoms with E-state index in [4.69, 9.17) is 32.7 Å². The van der Waals surface area contributed by atoms with E-state index < -0.39 is 0 Å². The Labute approximate surface area is 149 Å². The summed E-state index contributed by atoms with van der Waals surface area (Å²) >= 11 is 12.0. The quantitative estimate of drug-likeness (QED) is 0.568. The lowest BCUT2D eigenvalue weighted by molar-refractivity contribution is 0.217. The summed E-state index contributed by atoms with van der Waals surface area (Å²) in [5.74, 6) is 1.05. The van der Waals surface area contributed by atoms with Crippen LogP contribution >= 0.6 is 23.2 Å². The number of nitriles is 1. The number of ether oxygens (including phenoxy) is 2. The molecule has 0 aliphatic rings. The Kier molecular flexibility index (Phi) is 5.10. The van der Waals surface area contributed by atoms with Crippen LogP contribution in [0.1, 0.15) is 5.56 Å². The molecular formula is C19H13Cl2NO2. The second kappa shape index (κ2) is 7.44. The van der Waals surface area contributed by atoms with Crippen LogP contribution in [-0.4, -0.2) is 13.2 Å². The zero-order chi connectivity index (χ0) is 16.9. The predicted octanol–water partition coefficient (Wildman–Crippen LogP) is 5.48. The van der Waals surface area contributed by atoms with Crippen LogP contribution in [0.3, 0.4) is 0 Å². The van der Waals surface area contributed by atoms with Gasteiger partial charge in [0.15, 0.2) is 0 Å². The Hall–Kier alpha value is -2.41. The molecule has 0 radical (unpaired) electrons. The minimum absolute atomic E-state index is 0.288. The van der Waals surface area contributed by atoms with Crippen molar-refractivity contribution < 1.29 is 9.47 Å². The number of benzene rings is 3. The molecule has 0 heterocycles. The third kappa shape index (κ3) is 3.56. The van der Waals surface area contributed by atoms with Gasteiger partial charge in [-0.1, -0.05) is 53.5 Å². The predicted molar refractivity (Wildman–Crippen MR) is 96.1 cm³/mol. The van der Waals surface area contributed by atoms with Gasteiger partial charge >= 0.3 is 0 Å². The van der Waals surface area contributed by atoms with Gasteiger partial charge in [-0.25, -0.2) is 0 Å². The lowest BCUT2D eigenvalue weighted by atomic mass is 10.0. The van der Waals surface area contributed by atoms with Gasteiger partial charge in [0, 0.05) is 16.5 Å². The average Bonchev–Trinajstić information content (AvgIpc) is 2.61. The van der Waals surface area contributed by atoms with E-state index in [9.17, 15) is 5.26 Å². The smallest absolute Gasteiger partial charge is 0.139 e. The fourth-order valence-corrected chi connectivity index (χ4v) is 2.71. The van der Waals surface area contributed by atoms with Crippen LogP contribution in [-0.2, 0) is 0 Å². The summed E-state index contributed by atoms with van der Waals surface area (Å²) < 4.78 is 11.3. The molecule has 0 aliphatic carbocycles. The molecule has 120 valence electrons. The van der Waals surface area contributed by atoms with Crippen molar-refractivity contribution in [3.05, 3.63) is 70.2 Å². The van der Waals surface area contributed by atoms with Gasteiger partial charge in [-0.15, -0.1) is 0 Å². The zero-order valence-corrected chi connectivity index (χ0v) is 14.1. The molecule has 0 fully saturated rings. The van der Waals surface area contributed by atoms with E-state index in [1.807, 2.05) is 30.3 Å². The maximum atomic E-state index is 9.42. The first-order valence-electron chi connectivity index (χ1n) is 7.31. The van der Waals surface area contributed by atoms with E-state index in [1.165, 1.54) is 0 Å². The second-order valence-corrected chi connectivity index (χ2v) is 5.89. The second-order valence-electron chi connectivity index (χ2n) is 5.04. The number of hydrogen-bond acceptors (Lipinski definition) is 3. The Balaban J connectivity index is 1.68. The van der Waals surface area contributed by atoms with E-state index in [0.29, 0.717) is 27.1 Å². The van der Waals surface area contributed by atoms with Crippen molar-refractivity contribution in [1.29, 1.82) is 5.26 Å². The first-order valence-corrected chi connectivity index (χ1v) is 8.07. The number of hydrogen-bond donors (Lipinski definition) is 0. The van der Waals surface area contributed by atoms with E-state index in [-0.39, 0.29) is 13.2 Å². The number of halogens is 2. The Morgan fingerprint density at radius 3 is 2.42 bits per heavy atom. The van der Waals surface area contributed by atoms with Crippen molar-refractivity contribution in [3.63, 3.8) is 0 Å². The molecule has 3 nitrogen and oxygen atoms in total. The van der Waals surface area contributed by atoms with Gasteiger partial charge in [-0.2, -0.15) is 5.26 Å². The van der Waals surface area contributed by atoms with Crippen LogP contribution < -0.4 is 9.47 Å². The molecule has 24 heavy (non-hydrogen) atoms. The molecule has 0 N–H and O–H groups in total. The third-order valence-corrected chi connectivity index (χ3v) is 4.04. The van der Waals surface area contributed by atoms with Gasteiger partial charge in [0.05, 0.1) is 5.02 Å². The summed E-state index contributed by atoms with van der Waals surface area (Å²) in [6.45, 7) is 0.577. The number of fused-ring (bicyclic) bond motifs is 1. The van der Waals surface area contributed by atoms with Crippen LogP contribution in [0.5, 0.6) is 11.5 Å². The van der Waals surface area contributed by atoms with Gasteiger partial charge in [0.25, 0.3) is 0 Å². The van der Waals surface area contributed by atoms with Crippen molar-refractivity contribution in [1.82, 2.24) is 0 Å². The molecule has 3 aromatic rings. The fraction of sp³-hybridized carbons (Fsp3) is 0.105. The van der Waals surface area contributed by atoms with Crippen molar-refractivity contribution >= 4 is 34.0 Å². The molecule has 3 rings (SSSR count). The highest BCUT2D eigenvalue weighted by atomic mass is 35.5. The van der Waals surface area contributed by atoms with Gasteiger partial charge < -0.3 is 9.47 Å². The van der Waals surface area contributed by atoms with E-state index in [1.54, 1.807) is 24.3 Å². The lowest BCUT2D eigenvalue weighted by Crippen LogP contribution is -2.10. The first-order chi connectivity index (χ1) is 11.7. The summed E-state index contributed by atoms with van der Waals surface area (Å²) in [5, 5.41) is 12.3. The number of nitrogens with zero attached hydrogens (tertiary/aromatic N) is 1. The van der Waals surface area contributed by atoms with E-state index >= 15 is 0 Å². The highest BCUT2D eigenvalue weighted by molar-refractivity contribution is 6.34. The van der Waals surface area contributed by atoms with Crippen LogP contribution in [0.25, 0.3) is 10.8 Å². The van der Waals surface area contributed by atoms with Crippen LogP contribution in [0.15, 0.2) is 54.6 Å². The molecule has 5 heteroatoms. The summed E-state index contributed by atoms with van der Waals surface area (Å²) in [5.41, 5.74) is 0.522. The van der Waals surface area contributed by atoms with E-state index in [0.717, 1.165) is 10.8 Å². The maximum absolute atomic E-state index is 9.42. The summed E-state index contributed by atoms with van der Waals surface area (Å²) in [7, 11) is 0. The number of rotatable bonds is 5. The summed E-state index contributed by atoms with van der Waals surface area (Å²) in [4.78, 5) is 0. The molecule has 0 atom stereocenters. The van der Waals surface area contributed by atoms with Crippen molar-refractivity contribution in [2.45, 2.75) is 0 Å². The average molecular weight is 358 g/mol. The fourth-order valence-electron chi connectivity index (χ4n) is 2.38. The van der Waals surface area contributed by atoms with Gasteiger partial charge in [0.2, 0.25) is 0 Å². The molecule has 0 spiro atoms. The van der Waals surface area contributed by atoms with Gasteiger partial charge in [0.1, 0.15) is 36.3 Å². The molecule has 3 aromatic carbocycles. The first kappa shape index (κ1) is 16.4. The van der Waals surface area contributed by atoms with Gasteiger partial charge in [-0.05, 0) is 23.6 Å². The highest BCUT2D eigenvalue weighted by Crippen LogP contribution is 2.29. The van der Waals surface area contributed by atoms with Crippen molar-refractivity contribution in [3.8, 4) is 17.6 Å². The molecular weight excluding hydrogens is 345 g/mol. The van der Waals surface area contributed by atoms with Crippen LogP contribution in [0.4, 0.5) is 0 Å². The monoisotopic (exact) mass is 357 g/mol. The topological polar surface area (TPSA) is 42.2 Å². The molecule has 0 aromatic heterocycles. The Bertz CT molecular complexity index is 919. The molecule has 0 amide bonds. The standard InChI is InChI=1S/C19H13Cl2NO2/c20-14-6-7-17(21)19(11-14)24-10-9-23-18-8-5-13-3-1-2-4-15(13)16(18)12-22/h1-8,11H,9-10H2. The minimum Gasteiger partial charge on any atom is -0.489 e. The third-order valence-electron chi connectivity index (χ3n) is 3.49. The normalized spacial score (nSPS) is 10.4. The Morgan fingerprint density at radius 1 is 0.875 bits per heavy atom. The maximum Gasteiger partial charge on any atom is 0.139 e. The van der Waals surface area contributed by atoms with Crippen molar-refractivity contribution in [2.24, 2.45) is 0 Å². The highest BCUT2D eigenvalue weighted by Gasteiger charge is 2.08. The molecule has 0 unspecified atom stereocenters. The van der Waals surface area contributed by atoms with Gasteiger partial charge in [-0.3, -0.25) is 0 Å². The van der Waals surface area contributed by atoms with Crippen molar-refractivity contribution in [2.75, 3.05) is 13.2 Å². The summed E-state index contributed by atoms with van der Waals surface area (Å²) in [6.07, 6.45) is 0. The minimum atomic E-state index is 0.288. The lowest BCUT2D eigenvalue weighted by Gasteiger charge is -2.12. The molecule has 0 saturated heterocycles. The zero-order valence-electron chi connectivity index (χ0n) is 12.6. The Morgan fingerprint density at radius 2 is 1.62 bits per heavy atom. The molecule has 0 bridgehead atoms. The van der Waals surface area contributed by atoms with E-state index in [2.05, 4.69) is 6.07 Å². The van der Waals surface area contributed by atoms with Crippen LogP contribution in [0, 0.1) is 11.3 Å². The molecule has 0 saturated carbocycles. The molecule has 0 aliphatic heterocycles. The summed E-state index contributed by atoms with van der Waals surface area (Å²) in [6, 6.07) is 18.7.